The van der Waals surface area contributed by atoms with Crippen molar-refractivity contribution in [3.05, 3.63) is 41.2 Å². The molecule has 0 saturated heterocycles. The van der Waals surface area contributed by atoms with Crippen LogP contribution >= 0.6 is 23.4 Å². The van der Waals surface area contributed by atoms with Crippen LogP contribution in [-0.2, 0) is 18.3 Å². The summed E-state index contributed by atoms with van der Waals surface area (Å²) in [5.74, 6) is 0.501. The van der Waals surface area contributed by atoms with Crippen molar-refractivity contribution in [2.24, 2.45) is 7.05 Å². The Bertz CT molecular complexity index is 556. The second-order valence-corrected chi connectivity index (χ2v) is 5.24. The second-order valence-electron chi connectivity index (χ2n) is 3.82. The first-order valence-electron chi connectivity index (χ1n) is 5.39. The molecule has 0 amide bonds. The number of aromatic nitrogens is 3. The van der Waals surface area contributed by atoms with Crippen molar-refractivity contribution in [3.63, 3.8) is 0 Å². The van der Waals surface area contributed by atoms with E-state index in [1.54, 1.807) is 17.9 Å². The summed E-state index contributed by atoms with van der Waals surface area (Å²) in [6, 6.07) is 7.49. The molecule has 0 aliphatic rings. The summed E-state index contributed by atoms with van der Waals surface area (Å²) in [6.07, 6.45) is 2.06. The van der Waals surface area contributed by atoms with E-state index in [0.29, 0.717) is 22.9 Å². The van der Waals surface area contributed by atoms with E-state index in [-0.39, 0.29) is 5.78 Å². The number of ketones is 1. The van der Waals surface area contributed by atoms with Gasteiger partial charge >= 0.3 is 0 Å². The van der Waals surface area contributed by atoms with E-state index in [2.05, 4.69) is 10.3 Å². The van der Waals surface area contributed by atoms with Gasteiger partial charge in [-0.25, -0.2) is 0 Å². The zero-order valence-corrected chi connectivity index (χ0v) is 11.4. The molecular weight excluding hydrogens is 270 g/mol. The topological polar surface area (TPSA) is 47.8 Å². The Morgan fingerprint density at radius 1 is 1.44 bits per heavy atom. The third-order valence-electron chi connectivity index (χ3n) is 2.25. The smallest absolute Gasteiger partial charge is 0.149 e. The lowest BCUT2D eigenvalue weighted by molar-refractivity contribution is -0.116. The summed E-state index contributed by atoms with van der Waals surface area (Å²) < 4.78 is 1.59. The first kappa shape index (κ1) is 13.1. The van der Waals surface area contributed by atoms with E-state index in [4.69, 9.17) is 11.6 Å². The largest absolute Gasteiger partial charge is 0.298 e. The van der Waals surface area contributed by atoms with Gasteiger partial charge in [0, 0.05) is 18.1 Å². The highest BCUT2D eigenvalue weighted by molar-refractivity contribution is 8.00. The Hall–Kier alpha value is -1.33. The van der Waals surface area contributed by atoms with Crippen LogP contribution in [0, 0.1) is 0 Å². The van der Waals surface area contributed by atoms with Gasteiger partial charge in [-0.15, -0.1) is 16.9 Å². The molecule has 1 aromatic heterocycles. The minimum atomic E-state index is 0.111. The van der Waals surface area contributed by atoms with Crippen molar-refractivity contribution in [1.82, 2.24) is 15.0 Å². The van der Waals surface area contributed by atoms with Gasteiger partial charge in [-0.3, -0.25) is 9.48 Å². The average molecular weight is 282 g/mol. The van der Waals surface area contributed by atoms with Crippen LogP contribution in [0.4, 0.5) is 0 Å². The molecule has 0 fully saturated rings. The number of aryl methyl sites for hydroxylation is 1. The number of Topliss-reactive ketones (excluding diaryl/α,β-unsaturated/α-hetero) is 1. The van der Waals surface area contributed by atoms with Crippen molar-refractivity contribution in [3.8, 4) is 0 Å². The molecule has 0 aliphatic carbocycles. The number of hydrogen-bond acceptors (Lipinski definition) is 4. The first-order chi connectivity index (χ1) is 8.65. The molecule has 0 radical (unpaired) electrons. The molecular formula is C12H12ClN3OS. The Kier molecular flexibility index (Phi) is 4.38. The van der Waals surface area contributed by atoms with Gasteiger partial charge in [0.2, 0.25) is 0 Å². The molecule has 1 aromatic carbocycles. The highest BCUT2D eigenvalue weighted by Gasteiger charge is 2.08. The van der Waals surface area contributed by atoms with Crippen LogP contribution in [0.25, 0.3) is 0 Å². The van der Waals surface area contributed by atoms with Crippen molar-refractivity contribution < 1.29 is 4.79 Å². The second kappa shape index (κ2) is 6.02. The van der Waals surface area contributed by atoms with Crippen LogP contribution in [0.5, 0.6) is 0 Å². The molecule has 1 heterocycles. The minimum absolute atomic E-state index is 0.111. The SMILES string of the molecule is Cn1cc(CC(=O)CSc2ccccc2Cl)nn1. The zero-order valence-electron chi connectivity index (χ0n) is 9.84. The van der Waals surface area contributed by atoms with E-state index in [9.17, 15) is 4.79 Å². The lowest BCUT2D eigenvalue weighted by atomic mass is 10.2. The number of nitrogens with zero attached hydrogens (tertiary/aromatic N) is 3. The number of thioether (sulfide) groups is 1. The Morgan fingerprint density at radius 2 is 2.22 bits per heavy atom. The molecule has 0 saturated carbocycles. The fraction of sp³-hybridized carbons (Fsp3) is 0.250. The van der Waals surface area contributed by atoms with E-state index in [1.165, 1.54) is 11.8 Å². The summed E-state index contributed by atoms with van der Waals surface area (Å²) in [5.41, 5.74) is 0.697. The molecule has 0 aliphatic heterocycles. The first-order valence-corrected chi connectivity index (χ1v) is 6.76. The molecule has 0 bridgehead atoms. The van der Waals surface area contributed by atoms with Crippen LogP contribution in [-0.4, -0.2) is 26.5 Å². The van der Waals surface area contributed by atoms with Crippen LogP contribution in [0.2, 0.25) is 5.02 Å². The molecule has 0 spiro atoms. The molecule has 4 nitrogen and oxygen atoms in total. The standard InChI is InChI=1S/C12H12ClN3OS/c1-16-7-9(14-15-16)6-10(17)8-18-12-5-3-2-4-11(12)13/h2-5,7H,6,8H2,1H3. The maximum atomic E-state index is 11.8. The predicted octanol–water partition coefficient (Wildman–Crippen LogP) is 2.37. The van der Waals surface area contributed by atoms with E-state index in [1.807, 2.05) is 24.3 Å². The number of benzene rings is 1. The number of rotatable bonds is 5. The third kappa shape index (κ3) is 3.58. The fourth-order valence-corrected chi connectivity index (χ4v) is 2.55. The lowest BCUT2D eigenvalue weighted by Crippen LogP contribution is -2.06. The molecule has 0 N–H and O–H groups in total. The summed E-state index contributed by atoms with van der Waals surface area (Å²) in [5, 5.41) is 8.35. The number of hydrogen-bond donors (Lipinski definition) is 0. The molecule has 6 heteroatoms. The van der Waals surface area contributed by atoms with Gasteiger partial charge in [0.15, 0.2) is 0 Å². The van der Waals surface area contributed by atoms with Gasteiger partial charge in [0.05, 0.1) is 22.9 Å². The van der Waals surface area contributed by atoms with Gasteiger partial charge in [-0.2, -0.15) is 0 Å². The number of halogens is 1. The maximum absolute atomic E-state index is 11.8. The van der Waals surface area contributed by atoms with Gasteiger partial charge in [-0.05, 0) is 12.1 Å². The van der Waals surface area contributed by atoms with Gasteiger partial charge in [-0.1, -0.05) is 28.9 Å². The molecule has 2 aromatic rings. The summed E-state index contributed by atoms with van der Waals surface area (Å²) in [4.78, 5) is 12.7. The molecule has 0 unspecified atom stereocenters. The van der Waals surface area contributed by atoms with Crippen molar-refractivity contribution >= 4 is 29.1 Å². The maximum Gasteiger partial charge on any atom is 0.149 e. The van der Waals surface area contributed by atoms with Crippen LogP contribution < -0.4 is 0 Å². The molecule has 0 atom stereocenters. The summed E-state index contributed by atoms with van der Waals surface area (Å²) >= 11 is 7.46. The zero-order chi connectivity index (χ0) is 13.0. The van der Waals surface area contributed by atoms with Gasteiger partial charge in [0.25, 0.3) is 0 Å². The van der Waals surface area contributed by atoms with E-state index >= 15 is 0 Å². The third-order valence-corrected chi connectivity index (χ3v) is 3.83. The highest BCUT2D eigenvalue weighted by Crippen LogP contribution is 2.26. The predicted molar refractivity (Wildman–Crippen MR) is 71.9 cm³/mol. The Labute approximate surface area is 114 Å². The highest BCUT2D eigenvalue weighted by atomic mass is 35.5. The molecule has 2 rings (SSSR count). The summed E-state index contributed by atoms with van der Waals surface area (Å²) in [7, 11) is 1.78. The van der Waals surface area contributed by atoms with Crippen molar-refractivity contribution in [2.45, 2.75) is 11.3 Å². The van der Waals surface area contributed by atoms with Crippen LogP contribution in [0.1, 0.15) is 5.69 Å². The Balaban J connectivity index is 1.87. The van der Waals surface area contributed by atoms with E-state index < -0.39 is 0 Å². The van der Waals surface area contributed by atoms with Gasteiger partial charge < -0.3 is 0 Å². The van der Waals surface area contributed by atoms with Crippen LogP contribution in [0.15, 0.2) is 35.4 Å². The molecule has 94 valence electrons. The number of carbonyl (C=O) groups is 1. The number of carbonyl (C=O) groups excluding carboxylic acids is 1. The Morgan fingerprint density at radius 3 is 2.89 bits per heavy atom. The van der Waals surface area contributed by atoms with Gasteiger partial charge in [0.1, 0.15) is 5.78 Å². The average Bonchev–Trinajstić information content (AvgIpc) is 2.74. The van der Waals surface area contributed by atoms with Crippen LogP contribution in [0.3, 0.4) is 0 Å². The fourth-order valence-electron chi connectivity index (χ4n) is 1.45. The lowest BCUT2D eigenvalue weighted by Gasteiger charge is -2.02. The van der Waals surface area contributed by atoms with Crippen molar-refractivity contribution in [1.29, 1.82) is 0 Å². The normalized spacial score (nSPS) is 10.6. The quantitative estimate of drug-likeness (QED) is 0.790. The van der Waals surface area contributed by atoms with E-state index in [0.717, 1.165) is 4.90 Å². The van der Waals surface area contributed by atoms with Crippen molar-refractivity contribution in [2.75, 3.05) is 5.75 Å². The monoisotopic (exact) mass is 281 g/mol. The minimum Gasteiger partial charge on any atom is -0.298 e. The summed E-state index contributed by atoms with van der Waals surface area (Å²) in [6.45, 7) is 0. The molecule has 18 heavy (non-hydrogen) atoms.